The SMILES string of the molecule is CCC(C)C(=O)N1CCCC(C(=O)N2CCN(C)CC2c2ccccc2)C1. The van der Waals surface area contributed by atoms with Crippen LogP contribution in [-0.2, 0) is 9.59 Å². The Morgan fingerprint density at radius 2 is 1.85 bits per heavy atom. The van der Waals surface area contributed by atoms with Gasteiger partial charge >= 0.3 is 0 Å². The van der Waals surface area contributed by atoms with Crippen molar-refractivity contribution in [3.63, 3.8) is 0 Å². The highest BCUT2D eigenvalue weighted by Crippen LogP contribution is 2.29. The molecule has 2 heterocycles. The molecular weight excluding hydrogens is 338 g/mol. The summed E-state index contributed by atoms with van der Waals surface area (Å²) in [6.45, 7) is 7.91. The molecular formula is C22H33N3O2. The van der Waals surface area contributed by atoms with Crippen LogP contribution in [0.2, 0.25) is 0 Å². The van der Waals surface area contributed by atoms with Crippen molar-refractivity contribution in [1.29, 1.82) is 0 Å². The standard InChI is InChI=1S/C22H33N3O2/c1-4-17(2)21(26)24-12-8-11-19(15-24)22(27)25-14-13-23(3)16-20(25)18-9-6-5-7-10-18/h5-7,9-10,17,19-20H,4,8,11-16H2,1-3H3. The van der Waals surface area contributed by atoms with Crippen LogP contribution < -0.4 is 0 Å². The Kier molecular flexibility index (Phi) is 6.53. The first-order chi connectivity index (χ1) is 13.0. The Bertz CT molecular complexity index is 648. The molecule has 5 heteroatoms. The van der Waals surface area contributed by atoms with Crippen molar-refractivity contribution >= 4 is 11.8 Å². The van der Waals surface area contributed by atoms with E-state index < -0.39 is 0 Å². The van der Waals surface area contributed by atoms with Gasteiger partial charge in [0.2, 0.25) is 11.8 Å². The average Bonchev–Trinajstić information content (AvgIpc) is 2.72. The van der Waals surface area contributed by atoms with Crippen LogP contribution in [0.4, 0.5) is 0 Å². The van der Waals surface area contributed by atoms with E-state index in [0.717, 1.165) is 45.4 Å². The summed E-state index contributed by atoms with van der Waals surface area (Å²) in [6, 6.07) is 10.4. The van der Waals surface area contributed by atoms with Gasteiger partial charge in [0.25, 0.3) is 0 Å². The van der Waals surface area contributed by atoms with E-state index in [2.05, 4.69) is 29.0 Å². The smallest absolute Gasteiger partial charge is 0.228 e. The number of piperidine rings is 1. The van der Waals surface area contributed by atoms with Crippen LogP contribution in [-0.4, -0.2) is 66.3 Å². The maximum atomic E-state index is 13.4. The molecule has 2 amide bonds. The van der Waals surface area contributed by atoms with Gasteiger partial charge in [-0.15, -0.1) is 0 Å². The van der Waals surface area contributed by atoms with Crippen LogP contribution >= 0.6 is 0 Å². The third-order valence-electron chi connectivity index (χ3n) is 6.17. The van der Waals surface area contributed by atoms with E-state index in [1.807, 2.05) is 36.9 Å². The highest BCUT2D eigenvalue weighted by molar-refractivity contribution is 5.82. The van der Waals surface area contributed by atoms with Gasteiger partial charge in [0.15, 0.2) is 0 Å². The second-order valence-electron chi connectivity index (χ2n) is 8.15. The second kappa shape index (κ2) is 8.87. The van der Waals surface area contributed by atoms with Crippen LogP contribution in [0.3, 0.4) is 0 Å². The summed E-state index contributed by atoms with van der Waals surface area (Å²) in [5, 5.41) is 0. The topological polar surface area (TPSA) is 43.9 Å². The maximum absolute atomic E-state index is 13.4. The molecule has 0 aromatic heterocycles. The first-order valence-corrected chi connectivity index (χ1v) is 10.3. The molecule has 0 bridgehead atoms. The predicted octanol–water partition coefficient (Wildman–Crippen LogP) is 2.79. The molecule has 3 atom stereocenters. The summed E-state index contributed by atoms with van der Waals surface area (Å²) in [7, 11) is 2.12. The lowest BCUT2D eigenvalue weighted by atomic mass is 9.93. The summed E-state index contributed by atoms with van der Waals surface area (Å²) in [5.74, 6) is 0.396. The maximum Gasteiger partial charge on any atom is 0.228 e. The fourth-order valence-corrected chi connectivity index (χ4v) is 4.24. The van der Waals surface area contributed by atoms with Crippen molar-refractivity contribution in [2.75, 3.05) is 39.8 Å². The van der Waals surface area contributed by atoms with Gasteiger partial charge in [-0.1, -0.05) is 44.2 Å². The van der Waals surface area contributed by atoms with E-state index in [0.29, 0.717) is 6.54 Å². The minimum atomic E-state index is -0.0682. The molecule has 2 aliphatic rings. The van der Waals surface area contributed by atoms with Crippen molar-refractivity contribution in [1.82, 2.24) is 14.7 Å². The fourth-order valence-electron chi connectivity index (χ4n) is 4.24. The number of hydrogen-bond acceptors (Lipinski definition) is 3. The third-order valence-corrected chi connectivity index (χ3v) is 6.17. The van der Waals surface area contributed by atoms with Crippen molar-refractivity contribution in [2.24, 2.45) is 11.8 Å². The number of piperazine rings is 1. The Balaban J connectivity index is 1.73. The number of likely N-dealkylation sites (N-methyl/N-ethyl adjacent to an activating group) is 1. The van der Waals surface area contributed by atoms with Crippen LogP contribution in [0.25, 0.3) is 0 Å². The molecule has 0 saturated carbocycles. The monoisotopic (exact) mass is 371 g/mol. The number of nitrogens with zero attached hydrogens (tertiary/aromatic N) is 3. The number of amides is 2. The molecule has 1 aromatic carbocycles. The highest BCUT2D eigenvalue weighted by atomic mass is 16.2. The number of hydrogen-bond donors (Lipinski definition) is 0. The predicted molar refractivity (Wildman–Crippen MR) is 107 cm³/mol. The summed E-state index contributed by atoms with van der Waals surface area (Å²) >= 11 is 0. The van der Waals surface area contributed by atoms with E-state index in [-0.39, 0.29) is 29.7 Å². The Morgan fingerprint density at radius 1 is 1.11 bits per heavy atom. The quantitative estimate of drug-likeness (QED) is 0.817. The summed E-state index contributed by atoms with van der Waals surface area (Å²) in [4.78, 5) is 32.3. The van der Waals surface area contributed by atoms with Gasteiger partial charge < -0.3 is 14.7 Å². The number of carbonyl (C=O) groups is 2. The zero-order valence-electron chi connectivity index (χ0n) is 16.9. The van der Waals surface area contributed by atoms with Crippen molar-refractivity contribution < 1.29 is 9.59 Å². The number of benzene rings is 1. The zero-order chi connectivity index (χ0) is 19.4. The minimum Gasteiger partial charge on any atom is -0.342 e. The van der Waals surface area contributed by atoms with E-state index in [1.54, 1.807) is 0 Å². The second-order valence-corrected chi connectivity index (χ2v) is 8.15. The van der Waals surface area contributed by atoms with Crippen LogP contribution in [0, 0.1) is 11.8 Å². The van der Waals surface area contributed by atoms with Crippen LogP contribution in [0.15, 0.2) is 30.3 Å². The Hall–Kier alpha value is -1.88. The third kappa shape index (κ3) is 4.52. The van der Waals surface area contributed by atoms with E-state index in [4.69, 9.17) is 0 Å². The normalized spacial score (nSPS) is 25.3. The number of rotatable bonds is 4. The molecule has 0 aliphatic carbocycles. The lowest BCUT2D eigenvalue weighted by Gasteiger charge is -2.43. The van der Waals surface area contributed by atoms with E-state index >= 15 is 0 Å². The first kappa shape index (κ1) is 19.9. The average molecular weight is 372 g/mol. The van der Waals surface area contributed by atoms with Crippen LogP contribution in [0.5, 0.6) is 0 Å². The highest BCUT2D eigenvalue weighted by Gasteiger charge is 2.37. The van der Waals surface area contributed by atoms with Gasteiger partial charge in [0.1, 0.15) is 0 Å². The molecule has 5 nitrogen and oxygen atoms in total. The summed E-state index contributed by atoms with van der Waals surface area (Å²) < 4.78 is 0. The molecule has 2 fully saturated rings. The Labute approximate surface area is 163 Å². The number of likely N-dealkylation sites (tertiary alicyclic amines) is 1. The molecule has 0 N–H and O–H groups in total. The van der Waals surface area contributed by atoms with Crippen molar-refractivity contribution in [3.05, 3.63) is 35.9 Å². The zero-order valence-corrected chi connectivity index (χ0v) is 16.9. The molecule has 3 unspecified atom stereocenters. The van der Waals surface area contributed by atoms with E-state index in [1.165, 1.54) is 5.56 Å². The van der Waals surface area contributed by atoms with E-state index in [9.17, 15) is 9.59 Å². The van der Waals surface area contributed by atoms with Gasteiger partial charge in [0, 0.05) is 38.6 Å². The largest absolute Gasteiger partial charge is 0.342 e. The molecule has 2 aliphatic heterocycles. The lowest BCUT2D eigenvalue weighted by Crippen LogP contribution is -2.53. The summed E-state index contributed by atoms with van der Waals surface area (Å²) in [5.41, 5.74) is 1.20. The van der Waals surface area contributed by atoms with Gasteiger partial charge in [-0.05, 0) is 31.9 Å². The molecule has 0 radical (unpaired) electrons. The molecule has 1 aromatic rings. The Morgan fingerprint density at radius 3 is 2.56 bits per heavy atom. The van der Waals surface area contributed by atoms with Crippen LogP contribution in [0.1, 0.15) is 44.7 Å². The fraction of sp³-hybridized carbons (Fsp3) is 0.636. The molecule has 2 saturated heterocycles. The van der Waals surface area contributed by atoms with Gasteiger partial charge in [-0.25, -0.2) is 0 Å². The van der Waals surface area contributed by atoms with Gasteiger partial charge in [0.05, 0.1) is 12.0 Å². The van der Waals surface area contributed by atoms with Crippen molar-refractivity contribution in [2.45, 2.75) is 39.2 Å². The van der Waals surface area contributed by atoms with Crippen molar-refractivity contribution in [3.8, 4) is 0 Å². The first-order valence-electron chi connectivity index (χ1n) is 10.3. The van der Waals surface area contributed by atoms with Gasteiger partial charge in [-0.3, -0.25) is 9.59 Å². The lowest BCUT2D eigenvalue weighted by molar-refractivity contribution is -0.145. The summed E-state index contributed by atoms with van der Waals surface area (Å²) in [6.07, 6.45) is 2.65. The molecule has 3 rings (SSSR count). The van der Waals surface area contributed by atoms with Gasteiger partial charge in [-0.2, -0.15) is 0 Å². The molecule has 148 valence electrons. The minimum absolute atomic E-state index is 0.0413. The number of carbonyl (C=O) groups excluding carboxylic acids is 2. The molecule has 0 spiro atoms. The molecule has 27 heavy (non-hydrogen) atoms.